The molecule has 0 bridgehead atoms. The second-order valence-corrected chi connectivity index (χ2v) is 5.81. The Balaban J connectivity index is 0.00000144. The zero-order valence-electron chi connectivity index (χ0n) is 10.8. The molecule has 17 heavy (non-hydrogen) atoms. The minimum atomic E-state index is 0. The molecule has 1 aromatic rings. The Hall–Kier alpha value is -0.160. The lowest BCUT2D eigenvalue weighted by Crippen LogP contribution is -2.48. The van der Waals surface area contributed by atoms with Crippen molar-refractivity contribution in [2.45, 2.75) is 39.3 Å². The van der Waals surface area contributed by atoms with Crippen molar-refractivity contribution in [1.29, 1.82) is 0 Å². The van der Waals surface area contributed by atoms with Crippen molar-refractivity contribution in [3.05, 3.63) is 16.1 Å². The average molecular weight is 276 g/mol. The van der Waals surface area contributed by atoms with E-state index in [-0.39, 0.29) is 12.4 Å². The first-order chi connectivity index (χ1) is 7.65. The van der Waals surface area contributed by atoms with Gasteiger partial charge in [-0.2, -0.15) is 0 Å². The molecular weight excluding hydrogens is 254 g/mol. The lowest BCUT2D eigenvalue weighted by atomic mass is 10.2. The maximum absolute atomic E-state index is 4.69. The van der Waals surface area contributed by atoms with Gasteiger partial charge in [-0.25, -0.2) is 4.98 Å². The van der Waals surface area contributed by atoms with Crippen LogP contribution in [0.2, 0.25) is 0 Å². The number of nitrogens with one attached hydrogen (secondary N) is 1. The van der Waals surface area contributed by atoms with Crippen LogP contribution in [0.25, 0.3) is 0 Å². The molecule has 1 fully saturated rings. The van der Waals surface area contributed by atoms with Gasteiger partial charge in [0.15, 0.2) is 0 Å². The molecule has 0 aliphatic carbocycles. The van der Waals surface area contributed by atoms with Crippen LogP contribution in [0.3, 0.4) is 0 Å². The van der Waals surface area contributed by atoms with E-state index in [0.29, 0.717) is 12.0 Å². The van der Waals surface area contributed by atoms with Gasteiger partial charge in [0.1, 0.15) is 0 Å². The van der Waals surface area contributed by atoms with Gasteiger partial charge in [0.05, 0.1) is 10.7 Å². The standard InChI is InChI=1S/C12H21N3S.ClH/c1-9(2)12-14-11(8-16-12)7-15-5-4-13-10(3)6-15;/h8-10,13H,4-7H2,1-3H3;1H/t10-;/m1./s1. The van der Waals surface area contributed by atoms with Crippen LogP contribution in [0.1, 0.15) is 37.4 Å². The van der Waals surface area contributed by atoms with E-state index >= 15 is 0 Å². The van der Waals surface area contributed by atoms with Gasteiger partial charge < -0.3 is 5.32 Å². The molecule has 1 aliphatic heterocycles. The van der Waals surface area contributed by atoms with Gasteiger partial charge in [0, 0.05) is 43.5 Å². The third-order valence-electron chi connectivity index (χ3n) is 2.90. The van der Waals surface area contributed by atoms with Crippen LogP contribution in [0.4, 0.5) is 0 Å². The largest absolute Gasteiger partial charge is 0.312 e. The second kappa shape index (κ2) is 6.69. The Kier molecular flexibility index (Phi) is 5.86. The van der Waals surface area contributed by atoms with Crippen molar-refractivity contribution in [2.75, 3.05) is 19.6 Å². The number of hydrogen-bond acceptors (Lipinski definition) is 4. The Morgan fingerprint density at radius 2 is 2.35 bits per heavy atom. The van der Waals surface area contributed by atoms with Crippen molar-refractivity contribution in [3.63, 3.8) is 0 Å². The molecule has 0 saturated carbocycles. The van der Waals surface area contributed by atoms with Crippen LogP contribution < -0.4 is 5.32 Å². The molecule has 0 aromatic carbocycles. The summed E-state index contributed by atoms with van der Waals surface area (Å²) in [5.74, 6) is 0.556. The van der Waals surface area contributed by atoms with Crippen molar-refractivity contribution in [2.24, 2.45) is 0 Å². The molecule has 1 saturated heterocycles. The van der Waals surface area contributed by atoms with Crippen LogP contribution in [0.5, 0.6) is 0 Å². The summed E-state index contributed by atoms with van der Waals surface area (Å²) in [4.78, 5) is 7.17. The topological polar surface area (TPSA) is 28.2 Å². The monoisotopic (exact) mass is 275 g/mol. The smallest absolute Gasteiger partial charge is 0.0954 e. The maximum atomic E-state index is 4.69. The molecule has 1 N–H and O–H groups in total. The summed E-state index contributed by atoms with van der Waals surface area (Å²) < 4.78 is 0. The van der Waals surface area contributed by atoms with Crippen LogP contribution in [0, 0.1) is 0 Å². The Bertz CT molecular complexity index is 340. The SMILES string of the molecule is CC(C)c1nc(CN2CCN[C@H](C)C2)cs1.Cl. The molecule has 1 atom stereocenters. The molecule has 2 heterocycles. The zero-order chi connectivity index (χ0) is 11.5. The quantitative estimate of drug-likeness (QED) is 0.919. The fraction of sp³-hybridized carbons (Fsp3) is 0.750. The lowest BCUT2D eigenvalue weighted by molar-refractivity contribution is 0.198. The fourth-order valence-corrected chi connectivity index (χ4v) is 2.87. The molecule has 0 radical (unpaired) electrons. The van der Waals surface area contributed by atoms with E-state index in [9.17, 15) is 0 Å². The molecule has 3 nitrogen and oxygen atoms in total. The van der Waals surface area contributed by atoms with Gasteiger partial charge in [0.25, 0.3) is 0 Å². The highest BCUT2D eigenvalue weighted by molar-refractivity contribution is 7.09. The summed E-state index contributed by atoms with van der Waals surface area (Å²) in [6.07, 6.45) is 0. The highest BCUT2D eigenvalue weighted by Gasteiger charge is 2.16. The molecule has 1 aromatic heterocycles. The van der Waals surface area contributed by atoms with E-state index in [1.165, 1.54) is 10.7 Å². The molecule has 0 unspecified atom stereocenters. The van der Waals surface area contributed by atoms with Gasteiger partial charge >= 0.3 is 0 Å². The van der Waals surface area contributed by atoms with Crippen LogP contribution >= 0.6 is 23.7 Å². The summed E-state index contributed by atoms with van der Waals surface area (Å²) in [7, 11) is 0. The normalized spacial score (nSPS) is 21.5. The van der Waals surface area contributed by atoms with Gasteiger partial charge in [0.2, 0.25) is 0 Å². The van der Waals surface area contributed by atoms with Gasteiger partial charge in [-0.3, -0.25) is 4.90 Å². The van der Waals surface area contributed by atoms with Crippen LogP contribution in [-0.4, -0.2) is 35.6 Å². The zero-order valence-corrected chi connectivity index (χ0v) is 12.4. The van der Waals surface area contributed by atoms with Crippen molar-refractivity contribution >= 4 is 23.7 Å². The number of rotatable bonds is 3. The molecule has 5 heteroatoms. The Morgan fingerprint density at radius 1 is 1.59 bits per heavy atom. The highest BCUT2D eigenvalue weighted by atomic mass is 35.5. The van der Waals surface area contributed by atoms with E-state index in [1.54, 1.807) is 11.3 Å². The van der Waals surface area contributed by atoms with E-state index in [1.807, 2.05) is 0 Å². The number of halogens is 1. The minimum Gasteiger partial charge on any atom is -0.312 e. The first-order valence-electron chi connectivity index (χ1n) is 6.05. The van der Waals surface area contributed by atoms with E-state index in [0.717, 1.165) is 26.2 Å². The molecule has 0 amide bonds. The summed E-state index contributed by atoms with van der Waals surface area (Å²) in [5, 5.41) is 6.93. The maximum Gasteiger partial charge on any atom is 0.0954 e. The average Bonchev–Trinajstić information content (AvgIpc) is 2.66. The van der Waals surface area contributed by atoms with E-state index in [2.05, 4.69) is 41.4 Å². The lowest BCUT2D eigenvalue weighted by Gasteiger charge is -2.31. The Labute approximate surface area is 114 Å². The molecule has 1 aliphatic rings. The first kappa shape index (κ1) is 14.9. The van der Waals surface area contributed by atoms with Gasteiger partial charge in [-0.15, -0.1) is 23.7 Å². The number of piperazine rings is 1. The number of hydrogen-bond donors (Lipinski definition) is 1. The molecule has 98 valence electrons. The van der Waals surface area contributed by atoms with E-state index in [4.69, 9.17) is 0 Å². The summed E-state index contributed by atoms with van der Waals surface area (Å²) >= 11 is 1.79. The predicted molar refractivity (Wildman–Crippen MR) is 76.2 cm³/mol. The molecule has 2 rings (SSSR count). The number of aromatic nitrogens is 1. The summed E-state index contributed by atoms with van der Waals surface area (Å²) in [6.45, 7) is 11.0. The third kappa shape index (κ3) is 4.21. The van der Waals surface area contributed by atoms with E-state index < -0.39 is 0 Å². The van der Waals surface area contributed by atoms with Crippen molar-refractivity contribution in [1.82, 2.24) is 15.2 Å². The van der Waals surface area contributed by atoms with Crippen LogP contribution in [-0.2, 0) is 6.54 Å². The number of thiazole rings is 1. The third-order valence-corrected chi connectivity index (χ3v) is 4.10. The minimum absolute atomic E-state index is 0. The summed E-state index contributed by atoms with van der Waals surface area (Å²) in [6, 6.07) is 0.608. The molecular formula is C12H22ClN3S. The Morgan fingerprint density at radius 3 is 2.94 bits per heavy atom. The first-order valence-corrected chi connectivity index (χ1v) is 6.93. The van der Waals surface area contributed by atoms with Gasteiger partial charge in [-0.05, 0) is 6.92 Å². The highest BCUT2D eigenvalue weighted by Crippen LogP contribution is 2.20. The predicted octanol–water partition coefficient (Wildman–Crippen LogP) is 2.48. The summed E-state index contributed by atoms with van der Waals surface area (Å²) in [5.41, 5.74) is 1.24. The number of nitrogens with zero attached hydrogens (tertiary/aromatic N) is 2. The van der Waals surface area contributed by atoms with Crippen molar-refractivity contribution < 1.29 is 0 Å². The van der Waals surface area contributed by atoms with Crippen LogP contribution in [0.15, 0.2) is 5.38 Å². The molecule has 0 spiro atoms. The van der Waals surface area contributed by atoms with Gasteiger partial charge in [-0.1, -0.05) is 13.8 Å². The second-order valence-electron chi connectivity index (χ2n) is 4.92. The van der Waals surface area contributed by atoms with Crippen molar-refractivity contribution in [3.8, 4) is 0 Å². The fourth-order valence-electron chi connectivity index (χ4n) is 2.05.